The minimum Gasteiger partial charge on any atom is -0.496 e. The maximum Gasteiger partial charge on any atom is 0.247 e. The Morgan fingerprint density at radius 1 is 1.04 bits per heavy atom. The lowest BCUT2D eigenvalue weighted by Gasteiger charge is -2.10. The molecule has 0 saturated carbocycles. The van der Waals surface area contributed by atoms with Crippen LogP contribution >= 0.6 is 0 Å². The quantitative estimate of drug-likeness (QED) is 0.646. The van der Waals surface area contributed by atoms with Gasteiger partial charge in [0, 0.05) is 24.9 Å². The molecule has 3 aromatic rings. The van der Waals surface area contributed by atoms with Crippen LogP contribution in [0, 0.1) is 13.8 Å². The van der Waals surface area contributed by atoms with Gasteiger partial charge in [-0.05, 0) is 44.0 Å². The van der Waals surface area contributed by atoms with Crippen LogP contribution in [0.2, 0.25) is 0 Å². The number of carbonyl (C=O) groups is 1. The van der Waals surface area contributed by atoms with Gasteiger partial charge in [0.1, 0.15) is 5.75 Å². The van der Waals surface area contributed by atoms with Crippen molar-refractivity contribution in [2.24, 2.45) is 0 Å². The van der Waals surface area contributed by atoms with Crippen LogP contribution in [0.4, 0.5) is 0 Å². The molecule has 0 aliphatic carbocycles. The summed E-state index contributed by atoms with van der Waals surface area (Å²) < 4.78 is 11.0. The van der Waals surface area contributed by atoms with Gasteiger partial charge in [0.25, 0.3) is 0 Å². The molecule has 0 atom stereocenters. The standard InChI is InChI=1S/C22H25N3O3/c1-15-4-7-17(8-5-15)22-25-24-21(28-22)11-10-20(26)23-13-12-18-14-16(2)6-9-19(18)27-3/h4-9,14H,10-13H2,1-3H3,(H,23,26). The number of methoxy groups -OCH3 is 1. The number of rotatable bonds is 8. The van der Waals surface area contributed by atoms with E-state index in [1.54, 1.807) is 7.11 Å². The van der Waals surface area contributed by atoms with Crippen LogP contribution in [0.1, 0.15) is 29.0 Å². The largest absolute Gasteiger partial charge is 0.496 e. The van der Waals surface area contributed by atoms with Gasteiger partial charge in [-0.2, -0.15) is 0 Å². The Morgan fingerprint density at radius 2 is 1.79 bits per heavy atom. The van der Waals surface area contributed by atoms with Crippen molar-refractivity contribution >= 4 is 5.91 Å². The van der Waals surface area contributed by atoms with Crippen LogP contribution in [0.3, 0.4) is 0 Å². The van der Waals surface area contributed by atoms with Gasteiger partial charge in [-0.15, -0.1) is 10.2 Å². The molecule has 0 saturated heterocycles. The number of amides is 1. The van der Waals surface area contributed by atoms with Gasteiger partial charge < -0.3 is 14.5 Å². The number of carbonyl (C=O) groups excluding carboxylic acids is 1. The van der Waals surface area contributed by atoms with E-state index in [9.17, 15) is 4.79 Å². The minimum absolute atomic E-state index is 0.0401. The predicted octanol–water partition coefficient (Wildman–Crippen LogP) is 3.65. The Bertz CT molecular complexity index is 932. The summed E-state index contributed by atoms with van der Waals surface area (Å²) in [5, 5.41) is 11.0. The summed E-state index contributed by atoms with van der Waals surface area (Å²) in [7, 11) is 1.65. The third-order valence-corrected chi connectivity index (χ3v) is 4.48. The summed E-state index contributed by atoms with van der Waals surface area (Å²) in [6.07, 6.45) is 1.44. The van der Waals surface area contributed by atoms with E-state index in [0.717, 1.165) is 16.9 Å². The second-order valence-corrected chi connectivity index (χ2v) is 6.78. The molecule has 0 unspecified atom stereocenters. The summed E-state index contributed by atoms with van der Waals surface area (Å²) >= 11 is 0. The van der Waals surface area contributed by atoms with Gasteiger partial charge in [0.05, 0.1) is 7.11 Å². The SMILES string of the molecule is COc1ccc(C)cc1CCNC(=O)CCc1nnc(-c2ccc(C)cc2)o1. The summed E-state index contributed by atoms with van der Waals surface area (Å²) in [5.74, 6) is 1.74. The zero-order valence-corrected chi connectivity index (χ0v) is 16.5. The molecule has 0 spiro atoms. The minimum atomic E-state index is -0.0401. The van der Waals surface area contributed by atoms with E-state index in [-0.39, 0.29) is 5.91 Å². The molecular formula is C22H25N3O3. The van der Waals surface area contributed by atoms with E-state index < -0.39 is 0 Å². The zero-order valence-electron chi connectivity index (χ0n) is 16.5. The number of nitrogens with one attached hydrogen (secondary N) is 1. The highest BCUT2D eigenvalue weighted by atomic mass is 16.5. The fraction of sp³-hybridized carbons (Fsp3) is 0.318. The van der Waals surface area contributed by atoms with Crippen LogP contribution in [0.5, 0.6) is 5.75 Å². The molecule has 0 aliphatic heterocycles. The second-order valence-electron chi connectivity index (χ2n) is 6.78. The van der Waals surface area contributed by atoms with Gasteiger partial charge in [0.15, 0.2) is 0 Å². The molecule has 28 heavy (non-hydrogen) atoms. The molecule has 2 aromatic carbocycles. The number of ether oxygens (including phenoxy) is 1. The maximum absolute atomic E-state index is 12.1. The Kier molecular flexibility index (Phi) is 6.42. The molecular weight excluding hydrogens is 354 g/mol. The number of hydrogen-bond donors (Lipinski definition) is 1. The summed E-state index contributed by atoms with van der Waals surface area (Å²) in [6, 6.07) is 13.9. The van der Waals surface area contributed by atoms with Crippen molar-refractivity contribution in [2.45, 2.75) is 33.1 Å². The third-order valence-electron chi connectivity index (χ3n) is 4.48. The van der Waals surface area contributed by atoms with Crippen LogP contribution in [0.15, 0.2) is 46.9 Å². The Balaban J connectivity index is 1.46. The van der Waals surface area contributed by atoms with Crippen molar-refractivity contribution in [2.75, 3.05) is 13.7 Å². The molecule has 0 fully saturated rings. The topological polar surface area (TPSA) is 77.2 Å². The second kappa shape index (κ2) is 9.17. The Hall–Kier alpha value is -3.15. The van der Waals surface area contributed by atoms with Crippen LogP contribution in [0.25, 0.3) is 11.5 Å². The number of nitrogens with zero attached hydrogens (tertiary/aromatic N) is 2. The van der Waals surface area contributed by atoms with Gasteiger partial charge in [-0.1, -0.05) is 35.4 Å². The first-order valence-corrected chi connectivity index (χ1v) is 9.35. The van der Waals surface area contributed by atoms with E-state index in [1.165, 1.54) is 11.1 Å². The van der Waals surface area contributed by atoms with Crippen LogP contribution < -0.4 is 10.1 Å². The Morgan fingerprint density at radius 3 is 2.54 bits per heavy atom. The van der Waals surface area contributed by atoms with Crippen molar-refractivity contribution in [1.29, 1.82) is 0 Å². The molecule has 146 valence electrons. The van der Waals surface area contributed by atoms with E-state index in [0.29, 0.717) is 37.6 Å². The predicted molar refractivity (Wildman–Crippen MR) is 107 cm³/mol. The molecule has 0 aliphatic rings. The Labute approximate surface area is 164 Å². The summed E-state index contributed by atoms with van der Waals surface area (Å²) in [4.78, 5) is 12.1. The molecule has 6 heteroatoms. The summed E-state index contributed by atoms with van der Waals surface area (Å²) in [5.41, 5.74) is 4.30. The first-order chi connectivity index (χ1) is 13.5. The first kappa shape index (κ1) is 19.6. The van der Waals surface area contributed by atoms with Crippen LogP contribution in [-0.2, 0) is 17.6 Å². The lowest BCUT2D eigenvalue weighted by molar-refractivity contribution is -0.121. The fourth-order valence-electron chi connectivity index (χ4n) is 2.92. The molecule has 3 rings (SSSR count). The molecule has 0 radical (unpaired) electrons. The van der Waals surface area contributed by atoms with Crippen molar-refractivity contribution in [3.63, 3.8) is 0 Å². The average Bonchev–Trinajstić information content (AvgIpc) is 3.16. The molecule has 1 N–H and O–H groups in total. The smallest absolute Gasteiger partial charge is 0.247 e. The highest BCUT2D eigenvalue weighted by Crippen LogP contribution is 2.20. The molecule has 0 bridgehead atoms. The van der Waals surface area contributed by atoms with Gasteiger partial charge >= 0.3 is 0 Å². The van der Waals surface area contributed by atoms with Crippen molar-refractivity contribution in [3.8, 4) is 17.2 Å². The van der Waals surface area contributed by atoms with Crippen LogP contribution in [-0.4, -0.2) is 29.8 Å². The van der Waals surface area contributed by atoms with Crippen molar-refractivity contribution in [1.82, 2.24) is 15.5 Å². The number of aromatic nitrogens is 2. The lowest BCUT2D eigenvalue weighted by Crippen LogP contribution is -2.26. The summed E-state index contributed by atoms with van der Waals surface area (Å²) in [6.45, 7) is 4.62. The highest BCUT2D eigenvalue weighted by Gasteiger charge is 2.11. The van der Waals surface area contributed by atoms with E-state index in [1.807, 2.05) is 50.2 Å². The number of aryl methyl sites for hydroxylation is 3. The maximum atomic E-state index is 12.1. The van der Waals surface area contributed by atoms with Crippen molar-refractivity contribution in [3.05, 3.63) is 65.0 Å². The zero-order chi connectivity index (χ0) is 19.9. The van der Waals surface area contributed by atoms with E-state index >= 15 is 0 Å². The van der Waals surface area contributed by atoms with Crippen molar-refractivity contribution < 1.29 is 13.9 Å². The third kappa shape index (κ3) is 5.19. The van der Waals surface area contributed by atoms with E-state index in [4.69, 9.17) is 9.15 Å². The average molecular weight is 379 g/mol. The number of benzene rings is 2. The molecule has 1 amide bonds. The normalized spacial score (nSPS) is 10.7. The molecule has 6 nitrogen and oxygen atoms in total. The monoisotopic (exact) mass is 379 g/mol. The molecule has 1 heterocycles. The fourth-order valence-corrected chi connectivity index (χ4v) is 2.92. The molecule has 1 aromatic heterocycles. The van der Waals surface area contributed by atoms with Gasteiger partial charge in [-0.25, -0.2) is 0 Å². The lowest BCUT2D eigenvalue weighted by atomic mass is 10.1. The van der Waals surface area contributed by atoms with E-state index in [2.05, 4.69) is 21.6 Å². The van der Waals surface area contributed by atoms with Gasteiger partial charge in [-0.3, -0.25) is 4.79 Å². The number of hydrogen-bond acceptors (Lipinski definition) is 5. The van der Waals surface area contributed by atoms with Gasteiger partial charge in [0.2, 0.25) is 17.7 Å². The first-order valence-electron chi connectivity index (χ1n) is 9.35. The highest BCUT2D eigenvalue weighted by molar-refractivity contribution is 5.76.